The maximum atomic E-state index is 6.13. The van der Waals surface area contributed by atoms with Crippen LogP contribution < -0.4 is 0 Å². The smallest absolute Gasteiger partial charge is 0.110 e. The minimum Gasteiger partial charge on any atom is -0.399 e. The van der Waals surface area contributed by atoms with Gasteiger partial charge in [0.05, 0.1) is 0 Å². The molecule has 20 heavy (non-hydrogen) atoms. The number of hydrogen-bond donors (Lipinski definition) is 0. The first-order valence-electron chi connectivity index (χ1n) is 6.00. The zero-order valence-electron chi connectivity index (χ0n) is 10.9. The molecule has 0 heterocycles. The summed E-state index contributed by atoms with van der Waals surface area (Å²) >= 11 is 12.0. The molecule has 0 aliphatic heterocycles. The van der Waals surface area contributed by atoms with E-state index in [1.807, 2.05) is 48.6 Å². The van der Waals surface area contributed by atoms with Gasteiger partial charge in [0.2, 0.25) is 0 Å². The van der Waals surface area contributed by atoms with Gasteiger partial charge in [-0.1, -0.05) is 70.8 Å². The summed E-state index contributed by atoms with van der Waals surface area (Å²) in [7, 11) is 1.52. The first-order valence-corrected chi connectivity index (χ1v) is 6.76. The third kappa shape index (κ3) is 3.86. The molecule has 102 valence electrons. The maximum Gasteiger partial charge on any atom is 0.110 e. The highest BCUT2D eigenvalue weighted by atomic mass is 35.5. The van der Waals surface area contributed by atoms with Crippen LogP contribution in [0.25, 0.3) is 6.08 Å². The van der Waals surface area contributed by atoms with Crippen molar-refractivity contribution in [1.82, 2.24) is 0 Å². The van der Waals surface area contributed by atoms with Gasteiger partial charge in [-0.25, -0.2) is 0 Å². The molecule has 0 bridgehead atoms. The maximum absolute atomic E-state index is 6.13. The van der Waals surface area contributed by atoms with Gasteiger partial charge in [-0.2, -0.15) is 0 Å². The number of hydrogen-bond acceptors (Lipinski definition) is 2. The van der Waals surface area contributed by atoms with E-state index in [9.17, 15) is 0 Å². The van der Waals surface area contributed by atoms with Crippen LogP contribution in [0.4, 0.5) is 0 Å². The quantitative estimate of drug-likeness (QED) is 0.571. The van der Waals surface area contributed by atoms with Crippen molar-refractivity contribution in [2.45, 2.75) is 0 Å². The minimum atomic E-state index is 0.596. The van der Waals surface area contributed by atoms with Gasteiger partial charge in [-0.05, 0) is 23.8 Å². The van der Waals surface area contributed by atoms with Gasteiger partial charge in [0, 0.05) is 15.6 Å². The van der Waals surface area contributed by atoms with E-state index in [-0.39, 0.29) is 0 Å². The van der Waals surface area contributed by atoms with Crippen molar-refractivity contribution in [3.63, 3.8) is 0 Å². The van der Waals surface area contributed by atoms with Crippen molar-refractivity contribution < 1.29 is 4.84 Å². The zero-order valence-corrected chi connectivity index (χ0v) is 12.4. The highest BCUT2D eigenvalue weighted by Crippen LogP contribution is 2.22. The molecular formula is C16H13Cl2NO. The van der Waals surface area contributed by atoms with E-state index < -0.39 is 0 Å². The summed E-state index contributed by atoms with van der Waals surface area (Å²) in [6, 6.07) is 15.1. The molecule has 0 aliphatic rings. The SMILES string of the molecule is CO/N=C(/C=Cc1ccc(Cl)cc1Cl)c1ccccc1. The molecule has 2 aromatic carbocycles. The molecule has 0 spiro atoms. The van der Waals surface area contributed by atoms with Crippen LogP contribution in [0.2, 0.25) is 10.0 Å². The molecule has 0 radical (unpaired) electrons. The molecule has 0 saturated carbocycles. The van der Waals surface area contributed by atoms with E-state index in [4.69, 9.17) is 28.0 Å². The monoisotopic (exact) mass is 305 g/mol. The summed E-state index contributed by atoms with van der Waals surface area (Å²) in [5.74, 6) is 0. The highest BCUT2D eigenvalue weighted by molar-refractivity contribution is 6.35. The van der Waals surface area contributed by atoms with E-state index in [0.717, 1.165) is 16.8 Å². The fraction of sp³-hybridized carbons (Fsp3) is 0.0625. The fourth-order valence-corrected chi connectivity index (χ4v) is 2.16. The Hall–Kier alpha value is -1.77. The third-order valence-electron chi connectivity index (χ3n) is 2.64. The van der Waals surface area contributed by atoms with Crippen LogP contribution in [0, 0.1) is 0 Å². The van der Waals surface area contributed by atoms with Gasteiger partial charge < -0.3 is 4.84 Å². The van der Waals surface area contributed by atoms with E-state index >= 15 is 0 Å². The number of oxime groups is 1. The molecule has 0 unspecified atom stereocenters. The Kier molecular flexibility index (Phi) is 5.22. The number of benzene rings is 2. The van der Waals surface area contributed by atoms with Crippen LogP contribution in [0.15, 0.2) is 59.8 Å². The third-order valence-corrected chi connectivity index (χ3v) is 3.20. The molecule has 0 saturated heterocycles. The Labute approximate surface area is 128 Å². The fourth-order valence-electron chi connectivity index (χ4n) is 1.69. The minimum absolute atomic E-state index is 0.596. The lowest BCUT2D eigenvalue weighted by Crippen LogP contribution is -1.97. The van der Waals surface area contributed by atoms with Gasteiger partial charge in [-0.15, -0.1) is 0 Å². The first-order chi connectivity index (χ1) is 9.70. The zero-order chi connectivity index (χ0) is 14.4. The molecule has 0 amide bonds. The van der Waals surface area contributed by atoms with Gasteiger partial charge >= 0.3 is 0 Å². The lowest BCUT2D eigenvalue weighted by molar-refractivity contribution is 0.214. The predicted molar refractivity (Wildman–Crippen MR) is 85.5 cm³/mol. The van der Waals surface area contributed by atoms with Crippen LogP contribution in [-0.4, -0.2) is 12.8 Å². The largest absolute Gasteiger partial charge is 0.399 e. The number of rotatable bonds is 4. The summed E-state index contributed by atoms with van der Waals surface area (Å²) in [6.45, 7) is 0. The second-order valence-corrected chi connectivity index (χ2v) is 4.87. The normalized spacial score (nSPS) is 11.8. The standard InChI is InChI=1S/C16H13Cl2NO/c1-20-19-16(13-5-3-2-4-6-13)10-8-12-7-9-14(17)11-15(12)18/h2-11H,1H3/b10-8?,19-16-. The van der Waals surface area contributed by atoms with Crippen molar-refractivity contribution in [3.05, 3.63) is 75.8 Å². The number of nitrogens with zero attached hydrogens (tertiary/aromatic N) is 1. The highest BCUT2D eigenvalue weighted by Gasteiger charge is 2.01. The van der Waals surface area contributed by atoms with Crippen LogP contribution in [0.3, 0.4) is 0 Å². The van der Waals surface area contributed by atoms with E-state index in [1.54, 1.807) is 12.1 Å². The van der Waals surface area contributed by atoms with Crippen LogP contribution in [-0.2, 0) is 4.84 Å². The average Bonchev–Trinajstić information content (AvgIpc) is 2.46. The van der Waals surface area contributed by atoms with Crippen LogP contribution in [0.5, 0.6) is 0 Å². The van der Waals surface area contributed by atoms with Crippen molar-refractivity contribution in [3.8, 4) is 0 Å². The molecule has 0 aliphatic carbocycles. The van der Waals surface area contributed by atoms with Gasteiger partial charge in [0.25, 0.3) is 0 Å². The molecular weight excluding hydrogens is 293 g/mol. The molecule has 0 fully saturated rings. The summed E-state index contributed by atoms with van der Waals surface area (Å²) in [5, 5.41) is 5.23. The molecule has 4 heteroatoms. The summed E-state index contributed by atoms with van der Waals surface area (Å²) in [4.78, 5) is 4.88. The summed E-state index contributed by atoms with van der Waals surface area (Å²) in [5.41, 5.74) is 2.56. The van der Waals surface area contributed by atoms with Crippen molar-refractivity contribution in [2.75, 3.05) is 7.11 Å². The van der Waals surface area contributed by atoms with Gasteiger partial charge in [-0.3, -0.25) is 0 Å². The van der Waals surface area contributed by atoms with Crippen LogP contribution >= 0.6 is 23.2 Å². The molecule has 2 aromatic rings. The Balaban J connectivity index is 2.29. The Morgan fingerprint density at radius 3 is 2.50 bits per heavy atom. The van der Waals surface area contributed by atoms with E-state index in [1.165, 1.54) is 7.11 Å². The lowest BCUT2D eigenvalue weighted by Gasteiger charge is -2.02. The molecule has 0 aromatic heterocycles. The Bertz CT molecular complexity index is 636. The number of halogens is 2. The Morgan fingerprint density at radius 1 is 1.10 bits per heavy atom. The molecule has 0 N–H and O–H groups in total. The van der Waals surface area contributed by atoms with Crippen molar-refractivity contribution >= 4 is 35.0 Å². The van der Waals surface area contributed by atoms with E-state index in [2.05, 4.69) is 5.16 Å². The Morgan fingerprint density at radius 2 is 1.85 bits per heavy atom. The van der Waals surface area contributed by atoms with E-state index in [0.29, 0.717) is 10.0 Å². The van der Waals surface area contributed by atoms with Gasteiger partial charge in [0.15, 0.2) is 0 Å². The molecule has 0 atom stereocenters. The van der Waals surface area contributed by atoms with Crippen molar-refractivity contribution in [1.29, 1.82) is 0 Å². The van der Waals surface area contributed by atoms with Gasteiger partial charge in [0.1, 0.15) is 12.8 Å². The molecule has 2 nitrogen and oxygen atoms in total. The first kappa shape index (κ1) is 14.6. The molecule has 2 rings (SSSR count). The summed E-state index contributed by atoms with van der Waals surface area (Å²) in [6.07, 6.45) is 3.73. The second-order valence-electron chi connectivity index (χ2n) is 4.02. The van der Waals surface area contributed by atoms with Crippen molar-refractivity contribution in [2.24, 2.45) is 5.16 Å². The predicted octanol–water partition coefficient (Wildman–Crippen LogP) is 5.06. The lowest BCUT2D eigenvalue weighted by atomic mass is 10.1. The average molecular weight is 306 g/mol. The summed E-state index contributed by atoms with van der Waals surface area (Å²) < 4.78 is 0. The second kappa shape index (κ2) is 7.13. The topological polar surface area (TPSA) is 21.6 Å². The van der Waals surface area contributed by atoms with Crippen LogP contribution in [0.1, 0.15) is 11.1 Å². The number of allylic oxidation sites excluding steroid dienone is 1.